The number of carbonyl (C=O) groups is 2. The summed E-state index contributed by atoms with van der Waals surface area (Å²) in [6, 6.07) is 5.09. The minimum atomic E-state index is -0.122. The van der Waals surface area contributed by atoms with Crippen molar-refractivity contribution in [2.45, 2.75) is 52.4 Å². The van der Waals surface area contributed by atoms with Crippen molar-refractivity contribution in [1.82, 2.24) is 10.2 Å². The van der Waals surface area contributed by atoms with Crippen molar-refractivity contribution in [3.8, 4) is 11.5 Å². The lowest BCUT2D eigenvalue weighted by molar-refractivity contribution is -0.134. The molecule has 150 valence electrons. The fraction of sp³-hybridized carbons (Fsp3) is 0.619. The lowest BCUT2D eigenvalue weighted by Gasteiger charge is -2.26. The SMILES string of the molecule is CCCCCNC(=O)c1ccc(OCC(=O)N2CCCCC2)c(OCC)c1. The first-order valence-electron chi connectivity index (χ1n) is 10.1. The molecular formula is C21H32N2O4. The highest BCUT2D eigenvalue weighted by atomic mass is 16.5. The van der Waals surface area contributed by atoms with Gasteiger partial charge in [0.25, 0.3) is 11.8 Å². The minimum Gasteiger partial charge on any atom is -0.490 e. The van der Waals surface area contributed by atoms with Gasteiger partial charge in [-0.3, -0.25) is 9.59 Å². The Morgan fingerprint density at radius 1 is 1.04 bits per heavy atom. The zero-order valence-corrected chi connectivity index (χ0v) is 16.6. The van der Waals surface area contributed by atoms with Gasteiger partial charge in [-0.05, 0) is 50.8 Å². The average molecular weight is 376 g/mol. The first-order valence-corrected chi connectivity index (χ1v) is 10.1. The Morgan fingerprint density at radius 3 is 2.52 bits per heavy atom. The molecule has 0 aliphatic carbocycles. The summed E-state index contributed by atoms with van der Waals surface area (Å²) >= 11 is 0. The fourth-order valence-electron chi connectivity index (χ4n) is 3.09. The molecule has 1 N–H and O–H groups in total. The molecule has 0 spiro atoms. The second-order valence-corrected chi connectivity index (χ2v) is 6.79. The van der Waals surface area contributed by atoms with Crippen molar-refractivity contribution < 1.29 is 19.1 Å². The van der Waals surface area contributed by atoms with Gasteiger partial charge >= 0.3 is 0 Å². The van der Waals surface area contributed by atoms with Gasteiger partial charge < -0.3 is 19.7 Å². The molecule has 0 aromatic heterocycles. The van der Waals surface area contributed by atoms with Crippen LogP contribution in [0.25, 0.3) is 0 Å². The van der Waals surface area contributed by atoms with Crippen LogP contribution in [-0.4, -0.2) is 49.6 Å². The number of amides is 2. The molecule has 1 fully saturated rings. The Bertz CT molecular complexity index is 612. The zero-order valence-electron chi connectivity index (χ0n) is 16.6. The summed E-state index contributed by atoms with van der Waals surface area (Å²) in [7, 11) is 0. The predicted octanol–water partition coefficient (Wildman–Crippen LogP) is 3.40. The third-order valence-electron chi connectivity index (χ3n) is 4.63. The molecule has 6 nitrogen and oxygen atoms in total. The number of nitrogens with zero attached hydrogens (tertiary/aromatic N) is 1. The first-order chi connectivity index (χ1) is 13.2. The van der Waals surface area contributed by atoms with E-state index in [2.05, 4.69) is 12.2 Å². The van der Waals surface area contributed by atoms with E-state index >= 15 is 0 Å². The molecule has 1 saturated heterocycles. The summed E-state index contributed by atoms with van der Waals surface area (Å²) in [6.07, 6.45) is 6.48. The van der Waals surface area contributed by atoms with E-state index in [1.807, 2.05) is 11.8 Å². The zero-order chi connectivity index (χ0) is 19.5. The Balaban J connectivity index is 1.95. The molecular weight excluding hydrogens is 344 g/mol. The number of benzene rings is 1. The second-order valence-electron chi connectivity index (χ2n) is 6.79. The molecule has 1 aromatic carbocycles. The third-order valence-corrected chi connectivity index (χ3v) is 4.63. The highest BCUT2D eigenvalue weighted by Crippen LogP contribution is 2.28. The van der Waals surface area contributed by atoms with E-state index in [-0.39, 0.29) is 18.4 Å². The quantitative estimate of drug-likeness (QED) is 0.636. The molecule has 0 saturated carbocycles. The predicted molar refractivity (Wildman–Crippen MR) is 105 cm³/mol. The molecule has 1 heterocycles. The van der Waals surface area contributed by atoms with E-state index in [0.717, 1.165) is 45.2 Å². The van der Waals surface area contributed by atoms with Gasteiger partial charge in [-0.25, -0.2) is 0 Å². The smallest absolute Gasteiger partial charge is 0.260 e. The highest BCUT2D eigenvalue weighted by molar-refractivity contribution is 5.94. The van der Waals surface area contributed by atoms with Crippen molar-refractivity contribution in [2.75, 3.05) is 32.8 Å². The number of carbonyl (C=O) groups excluding carboxylic acids is 2. The van der Waals surface area contributed by atoms with Crippen LogP contribution in [0.15, 0.2) is 18.2 Å². The van der Waals surface area contributed by atoms with Crippen molar-refractivity contribution in [1.29, 1.82) is 0 Å². The number of unbranched alkanes of at least 4 members (excludes halogenated alkanes) is 2. The van der Waals surface area contributed by atoms with E-state index < -0.39 is 0 Å². The van der Waals surface area contributed by atoms with Gasteiger partial charge in [0, 0.05) is 25.2 Å². The van der Waals surface area contributed by atoms with Gasteiger partial charge in [-0.2, -0.15) is 0 Å². The van der Waals surface area contributed by atoms with Gasteiger partial charge in [0.1, 0.15) is 0 Å². The van der Waals surface area contributed by atoms with Crippen molar-refractivity contribution in [3.05, 3.63) is 23.8 Å². The van der Waals surface area contributed by atoms with Crippen LogP contribution in [0.3, 0.4) is 0 Å². The minimum absolute atomic E-state index is 0.00473. The molecule has 27 heavy (non-hydrogen) atoms. The number of hydrogen-bond acceptors (Lipinski definition) is 4. The topological polar surface area (TPSA) is 67.9 Å². The van der Waals surface area contributed by atoms with Crippen molar-refractivity contribution in [3.63, 3.8) is 0 Å². The summed E-state index contributed by atoms with van der Waals surface area (Å²) in [6.45, 7) is 6.72. The number of likely N-dealkylation sites (tertiary alicyclic amines) is 1. The lowest BCUT2D eigenvalue weighted by Crippen LogP contribution is -2.38. The van der Waals surface area contributed by atoms with Gasteiger partial charge in [0.2, 0.25) is 0 Å². The largest absolute Gasteiger partial charge is 0.490 e. The van der Waals surface area contributed by atoms with E-state index in [1.165, 1.54) is 6.42 Å². The van der Waals surface area contributed by atoms with E-state index in [4.69, 9.17) is 9.47 Å². The Labute approximate surface area is 162 Å². The van der Waals surface area contributed by atoms with Crippen molar-refractivity contribution in [2.24, 2.45) is 0 Å². The molecule has 1 aromatic rings. The maximum absolute atomic E-state index is 12.3. The number of piperidine rings is 1. The van der Waals surface area contributed by atoms with Gasteiger partial charge in [-0.1, -0.05) is 19.8 Å². The average Bonchev–Trinajstić information content (AvgIpc) is 2.70. The number of ether oxygens (including phenoxy) is 2. The van der Waals surface area contributed by atoms with Gasteiger partial charge in [0.05, 0.1) is 6.61 Å². The third kappa shape index (κ3) is 6.77. The summed E-state index contributed by atoms with van der Waals surface area (Å²) in [5, 5.41) is 2.92. The molecule has 6 heteroatoms. The Hall–Kier alpha value is -2.24. The first kappa shape index (κ1) is 21.1. The molecule has 0 bridgehead atoms. The molecule has 2 amide bonds. The summed E-state index contributed by atoms with van der Waals surface area (Å²) < 4.78 is 11.3. The maximum Gasteiger partial charge on any atom is 0.260 e. The molecule has 0 radical (unpaired) electrons. The lowest BCUT2D eigenvalue weighted by atomic mass is 10.1. The van der Waals surface area contributed by atoms with Crippen LogP contribution in [0.2, 0.25) is 0 Å². The molecule has 0 unspecified atom stereocenters. The van der Waals surface area contributed by atoms with Gasteiger partial charge in [-0.15, -0.1) is 0 Å². The highest BCUT2D eigenvalue weighted by Gasteiger charge is 2.18. The van der Waals surface area contributed by atoms with Crippen LogP contribution in [-0.2, 0) is 4.79 Å². The van der Waals surface area contributed by atoms with Crippen LogP contribution in [0, 0.1) is 0 Å². The van der Waals surface area contributed by atoms with Crippen molar-refractivity contribution >= 4 is 11.8 Å². The normalized spacial score (nSPS) is 13.9. The van der Waals surface area contributed by atoms with E-state index in [1.54, 1.807) is 18.2 Å². The fourth-order valence-corrected chi connectivity index (χ4v) is 3.09. The van der Waals surface area contributed by atoms with Crippen LogP contribution in [0.5, 0.6) is 11.5 Å². The van der Waals surface area contributed by atoms with Crippen LogP contribution in [0.4, 0.5) is 0 Å². The van der Waals surface area contributed by atoms with E-state index in [9.17, 15) is 9.59 Å². The molecule has 2 rings (SSSR count). The Kier molecular flexibility index (Phi) is 8.95. The van der Waals surface area contributed by atoms with E-state index in [0.29, 0.717) is 30.2 Å². The molecule has 1 aliphatic heterocycles. The number of hydrogen-bond donors (Lipinski definition) is 1. The maximum atomic E-state index is 12.3. The number of rotatable bonds is 10. The summed E-state index contributed by atoms with van der Waals surface area (Å²) in [5.41, 5.74) is 0.532. The van der Waals surface area contributed by atoms with Crippen LogP contribution in [0.1, 0.15) is 62.7 Å². The molecule has 0 atom stereocenters. The standard InChI is InChI=1S/C21H32N2O4/c1-3-5-7-12-22-21(25)17-10-11-18(19(15-17)26-4-2)27-16-20(24)23-13-8-6-9-14-23/h10-11,15H,3-9,12-14,16H2,1-2H3,(H,22,25). The molecule has 1 aliphatic rings. The second kappa shape index (κ2) is 11.5. The summed E-state index contributed by atoms with van der Waals surface area (Å²) in [5.74, 6) is 0.854. The monoisotopic (exact) mass is 376 g/mol. The van der Waals surface area contributed by atoms with Gasteiger partial charge in [0.15, 0.2) is 18.1 Å². The summed E-state index contributed by atoms with van der Waals surface area (Å²) in [4.78, 5) is 26.4. The van der Waals surface area contributed by atoms with Crippen LogP contribution >= 0.6 is 0 Å². The number of nitrogens with one attached hydrogen (secondary N) is 1. The Morgan fingerprint density at radius 2 is 1.81 bits per heavy atom. The van der Waals surface area contributed by atoms with Crippen LogP contribution < -0.4 is 14.8 Å².